The van der Waals surface area contributed by atoms with Crippen LogP contribution in [0.25, 0.3) is 0 Å². The Morgan fingerprint density at radius 3 is 2.48 bits per heavy atom. The Morgan fingerprint density at radius 1 is 1.22 bits per heavy atom. The Labute approximate surface area is 164 Å². The van der Waals surface area contributed by atoms with Crippen molar-refractivity contribution < 1.29 is 9.53 Å². The zero-order chi connectivity index (χ0) is 19.3. The number of hydrogen-bond acceptors (Lipinski definition) is 4. The fourth-order valence-corrected chi connectivity index (χ4v) is 4.81. The molecule has 0 aromatic rings. The molecular formula is C20H37N5O2. The predicted molar refractivity (Wildman–Crippen MR) is 108 cm³/mol. The number of rotatable bonds is 5. The van der Waals surface area contributed by atoms with E-state index < -0.39 is 0 Å². The van der Waals surface area contributed by atoms with Crippen molar-refractivity contribution in [3.8, 4) is 0 Å². The van der Waals surface area contributed by atoms with E-state index in [2.05, 4.69) is 20.1 Å². The summed E-state index contributed by atoms with van der Waals surface area (Å²) in [6.45, 7) is 7.80. The monoisotopic (exact) mass is 379 g/mol. The summed E-state index contributed by atoms with van der Waals surface area (Å²) in [6, 6.07) is 0. The Morgan fingerprint density at radius 2 is 1.93 bits per heavy atom. The average Bonchev–Trinajstić information content (AvgIpc) is 3.35. The maximum Gasteiger partial charge on any atom is 0.230 e. The standard InChI is InChI=1S/C20H37N5O2/c1-21-19(22-16-20(7-4-5-8-20)18(26)23(2)3)25-11-9-24(10-12-25)14-17-6-13-27-15-17/h17H,4-16H2,1-3H3,(H,21,22). The topological polar surface area (TPSA) is 60.4 Å². The van der Waals surface area contributed by atoms with Gasteiger partial charge in [-0.3, -0.25) is 14.7 Å². The van der Waals surface area contributed by atoms with Crippen molar-refractivity contribution in [3.63, 3.8) is 0 Å². The normalized spacial score (nSPS) is 26.4. The molecule has 0 aromatic carbocycles. The van der Waals surface area contributed by atoms with E-state index in [1.54, 1.807) is 4.90 Å². The van der Waals surface area contributed by atoms with Crippen molar-refractivity contribution in [2.45, 2.75) is 32.1 Å². The van der Waals surface area contributed by atoms with Gasteiger partial charge in [-0.1, -0.05) is 12.8 Å². The van der Waals surface area contributed by atoms with E-state index in [1.807, 2.05) is 21.1 Å². The molecule has 3 rings (SSSR count). The van der Waals surface area contributed by atoms with Gasteiger partial charge in [0.1, 0.15) is 0 Å². The molecule has 2 heterocycles. The highest BCUT2D eigenvalue weighted by atomic mass is 16.5. The van der Waals surface area contributed by atoms with Crippen LogP contribution in [0.2, 0.25) is 0 Å². The van der Waals surface area contributed by atoms with Crippen LogP contribution in [0.4, 0.5) is 0 Å². The van der Waals surface area contributed by atoms with Gasteiger partial charge in [-0.25, -0.2) is 0 Å². The Kier molecular flexibility index (Phi) is 6.98. The molecule has 3 aliphatic rings. The summed E-state index contributed by atoms with van der Waals surface area (Å²) in [6.07, 6.45) is 5.44. The Hall–Kier alpha value is -1.34. The molecule has 7 heteroatoms. The predicted octanol–water partition coefficient (Wildman–Crippen LogP) is 0.865. The zero-order valence-electron chi connectivity index (χ0n) is 17.4. The molecule has 1 N–H and O–H groups in total. The van der Waals surface area contributed by atoms with Gasteiger partial charge in [0.2, 0.25) is 5.91 Å². The van der Waals surface area contributed by atoms with E-state index in [0.29, 0.717) is 12.5 Å². The summed E-state index contributed by atoms with van der Waals surface area (Å²) >= 11 is 0. The third kappa shape index (κ3) is 4.93. The number of nitrogens with zero attached hydrogens (tertiary/aromatic N) is 4. The Bertz CT molecular complexity index is 516. The van der Waals surface area contributed by atoms with Crippen molar-refractivity contribution in [2.75, 3.05) is 73.6 Å². The lowest BCUT2D eigenvalue weighted by molar-refractivity contribution is -0.138. The van der Waals surface area contributed by atoms with Gasteiger partial charge in [0.25, 0.3) is 0 Å². The molecule has 1 amide bonds. The highest BCUT2D eigenvalue weighted by Gasteiger charge is 2.42. The van der Waals surface area contributed by atoms with Crippen LogP contribution in [-0.2, 0) is 9.53 Å². The summed E-state index contributed by atoms with van der Waals surface area (Å²) < 4.78 is 5.50. The quantitative estimate of drug-likeness (QED) is 0.567. The fourth-order valence-electron chi connectivity index (χ4n) is 4.81. The molecular weight excluding hydrogens is 342 g/mol. The van der Waals surface area contributed by atoms with E-state index in [1.165, 1.54) is 6.42 Å². The van der Waals surface area contributed by atoms with Crippen LogP contribution in [0, 0.1) is 11.3 Å². The SMILES string of the molecule is CN=C(NCC1(C(=O)N(C)C)CCCC1)N1CCN(CC2CCOC2)CC1. The summed E-state index contributed by atoms with van der Waals surface area (Å²) in [5.74, 6) is 1.90. The van der Waals surface area contributed by atoms with Crippen LogP contribution < -0.4 is 5.32 Å². The molecule has 1 atom stereocenters. The summed E-state index contributed by atoms with van der Waals surface area (Å²) in [4.78, 5) is 23.9. The van der Waals surface area contributed by atoms with Gasteiger partial charge in [-0.2, -0.15) is 0 Å². The van der Waals surface area contributed by atoms with Gasteiger partial charge in [-0.05, 0) is 25.2 Å². The number of piperazine rings is 1. The fraction of sp³-hybridized carbons (Fsp3) is 0.900. The molecule has 2 aliphatic heterocycles. The molecule has 0 radical (unpaired) electrons. The highest BCUT2D eigenvalue weighted by Crippen LogP contribution is 2.39. The van der Waals surface area contributed by atoms with Gasteiger partial charge < -0.3 is 19.9 Å². The number of carbonyl (C=O) groups excluding carboxylic acids is 1. The zero-order valence-corrected chi connectivity index (χ0v) is 17.4. The van der Waals surface area contributed by atoms with E-state index >= 15 is 0 Å². The molecule has 1 saturated carbocycles. The van der Waals surface area contributed by atoms with E-state index in [0.717, 1.165) is 77.6 Å². The molecule has 0 aromatic heterocycles. The first-order valence-corrected chi connectivity index (χ1v) is 10.5. The summed E-state index contributed by atoms with van der Waals surface area (Å²) in [5.41, 5.74) is -0.260. The van der Waals surface area contributed by atoms with Crippen molar-refractivity contribution in [3.05, 3.63) is 0 Å². The molecule has 154 valence electrons. The van der Waals surface area contributed by atoms with Gasteiger partial charge in [0.05, 0.1) is 12.0 Å². The minimum Gasteiger partial charge on any atom is -0.381 e. The molecule has 1 aliphatic carbocycles. The second-order valence-electron chi connectivity index (χ2n) is 8.61. The van der Waals surface area contributed by atoms with Crippen LogP contribution in [0.3, 0.4) is 0 Å². The number of nitrogens with one attached hydrogen (secondary N) is 1. The van der Waals surface area contributed by atoms with Crippen LogP contribution in [-0.4, -0.2) is 100 Å². The minimum atomic E-state index is -0.260. The third-order valence-corrected chi connectivity index (χ3v) is 6.43. The minimum absolute atomic E-state index is 0.256. The van der Waals surface area contributed by atoms with Crippen LogP contribution in [0.1, 0.15) is 32.1 Å². The average molecular weight is 380 g/mol. The largest absolute Gasteiger partial charge is 0.381 e. The summed E-state index contributed by atoms with van der Waals surface area (Å²) in [7, 11) is 5.58. The van der Waals surface area contributed by atoms with Gasteiger partial charge in [-0.15, -0.1) is 0 Å². The van der Waals surface area contributed by atoms with E-state index in [4.69, 9.17) is 4.74 Å². The van der Waals surface area contributed by atoms with Crippen LogP contribution in [0.15, 0.2) is 4.99 Å². The van der Waals surface area contributed by atoms with Crippen molar-refractivity contribution in [1.29, 1.82) is 0 Å². The maximum atomic E-state index is 12.8. The lowest BCUT2D eigenvalue weighted by Gasteiger charge is -2.38. The molecule has 7 nitrogen and oxygen atoms in total. The van der Waals surface area contributed by atoms with Gasteiger partial charge in [0.15, 0.2) is 5.96 Å². The molecule has 1 unspecified atom stereocenters. The number of aliphatic imine (C=N–C) groups is 1. The third-order valence-electron chi connectivity index (χ3n) is 6.43. The number of guanidine groups is 1. The second-order valence-corrected chi connectivity index (χ2v) is 8.61. The lowest BCUT2D eigenvalue weighted by Crippen LogP contribution is -2.55. The first-order valence-electron chi connectivity index (χ1n) is 10.5. The molecule has 27 heavy (non-hydrogen) atoms. The molecule has 0 bridgehead atoms. The molecule has 3 fully saturated rings. The maximum absolute atomic E-state index is 12.8. The first-order chi connectivity index (χ1) is 13.0. The van der Waals surface area contributed by atoms with Crippen LogP contribution >= 0.6 is 0 Å². The van der Waals surface area contributed by atoms with Crippen molar-refractivity contribution in [2.24, 2.45) is 16.3 Å². The second kappa shape index (κ2) is 9.24. The Balaban J connectivity index is 1.49. The number of ether oxygens (including phenoxy) is 1. The first kappa shape index (κ1) is 20.4. The number of hydrogen-bond donors (Lipinski definition) is 1. The van der Waals surface area contributed by atoms with Gasteiger partial charge >= 0.3 is 0 Å². The summed E-state index contributed by atoms with van der Waals surface area (Å²) in [5, 5.41) is 3.54. The lowest BCUT2D eigenvalue weighted by atomic mass is 9.84. The number of carbonyl (C=O) groups is 1. The highest BCUT2D eigenvalue weighted by molar-refractivity contribution is 5.85. The van der Waals surface area contributed by atoms with Crippen molar-refractivity contribution in [1.82, 2.24) is 20.0 Å². The van der Waals surface area contributed by atoms with E-state index in [-0.39, 0.29) is 11.3 Å². The molecule has 2 saturated heterocycles. The smallest absolute Gasteiger partial charge is 0.230 e. The van der Waals surface area contributed by atoms with Crippen molar-refractivity contribution >= 4 is 11.9 Å². The number of amides is 1. The van der Waals surface area contributed by atoms with E-state index in [9.17, 15) is 4.79 Å². The van der Waals surface area contributed by atoms with Gasteiger partial charge in [0, 0.05) is 67.0 Å². The molecule has 0 spiro atoms. The van der Waals surface area contributed by atoms with Crippen LogP contribution in [0.5, 0.6) is 0 Å².